The largest absolute Gasteiger partial charge is 0.342 e. The number of amides is 2. The van der Waals surface area contributed by atoms with Crippen LogP contribution in [0.5, 0.6) is 0 Å². The van der Waals surface area contributed by atoms with Gasteiger partial charge < -0.3 is 15.2 Å². The number of nitrogens with zero attached hydrogens (tertiary/aromatic N) is 3. The van der Waals surface area contributed by atoms with Crippen LogP contribution >= 0.6 is 0 Å². The van der Waals surface area contributed by atoms with Crippen LogP contribution in [0.4, 0.5) is 5.69 Å². The topological polar surface area (TPSA) is 88.9 Å². The Labute approximate surface area is 139 Å². The molecule has 0 spiro atoms. The second-order valence-corrected chi connectivity index (χ2v) is 5.70. The molecule has 1 aliphatic rings. The van der Waals surface area contributed by atoms with Crippen LogP contribution in [-0.2, 0) is 17.8 Å². The molecular weight excluding hydrogens is 306 g/mol. The Bertz CT molecular complexity index is 779. The zero-order chi connectivity index (χ0) is 17.1. The molecule has 2 aromatic rings. The van der Waals surface area contributed by atoms with E-state index in [9.17, 15) is 9.59 Å². The van der Waals surface area contributed by atoms with Gasteiger partial charge in [0.2, 0.25) is 5.91 Å². The molecule has 1 aliphatic heterocycles. The van der Waals surface area contributed by atoms with Gasteiger partial charge in [-0.1, -0.05) is 6.58 Å². The summed E-state index contributed by atoms with van der Waals surface area (Å²) in [6, 6.07) is 6.45. The first-order chi connectivity index (χ1) is 11.6. The Hall–Kier alpha value is -2.96. The van der Waals surface area contributed by atoms with Crippen LogP contribution in [0.25, 0.3) is 0 Å². The average molecular weight is 325 g/mol. The first-order valence-corrected chi connectivity index (χ1v) is 7.85. The van der Waals surface area contributed by atoms with Crippen LogP contribution in [0, 0.1) is 0 Å². The van der Waals surface area contributed by atoms with Crippen molar-refractivity contribution in [1.29, 1.82) is 0 Å². The molecule has 7 heteroatoms. The molecule has 2 amide bonds. The van der Waals surface area contributed by atoms with Crippen LogP contribution in [0.3, 0.4) is 0 Å². The summed E-state index contributed by atoms with van der Waals surface area (Å²) >= 11 is 0. The number of carbonyl (C=O) groups excluding carboxylic acids is 2. The molecule has 2 N–H and O–H groups in total. The molecule has 1 atom stereocenters. The smallest absolute Gasteiger partial charge is 0.251 e. The first-order valence-electron chi connectivity index (χ1n) is 7.85. The lowest BCUT2D eigenvalue weighted by Gasteiger charge is -2.14. The van der Waals surface area contributed by atoms with Gasteiger partial charge in [-0.3, -0.25) is 9.59 Å². The molecule has 1 unspecified atom stereocenters. The van der Waals surface area contributed by atoms with E-state index < -0.39 is 0 Å². The van der Waals surface area contributed by atoms with Crippen LogP contribution < -0.4 is 10.6 Å². The molecule has 0 bridgehead atoms. The van der Waals surface area contributed by atoms with E-state index in [1.54, 1.807) is 24.3 Å². The maximum Gasteiger partial charge on any atom is 0.251 e. The number of nitrogens with one attached hydrogen (secondary N) is 2. The van der Waals surface area contributed by atoms with Gasteiger partial charge in [-0.2, -0.15) is 0 Å². The maximum absolute atomic E-state index is 12.4. The molecule has 2 heterocycles. The van der Waals surface area contributed by atoms with Crippen LogP contribution in [0.1, 0.15) is 41.4 Å². The molecule has 0 radical (unpaired) electrons. The van der Waals surface area contributed by atoms with Crippen molar-refractivity contribution in [3.05, 3.63) is 54.1 Å². The summed E-state index contributed by atoms with van der Waals surface area (Å²) in [7, 11) is 0. The number of hydrogen-bond acceptors (Lipinski definition) is 4. The van der Waals surface area contributed by atoms with Crippen LogP contribution in [-0.4, -0.2) is 26.6 Å². The summed E-state index contributed by atoms with van der Waals surface area (Å²) in [5.74, 6) is 1.28. The summed E-state index contributed by atoms with van der Waals surface area (Å²) in [6.07, 6.45) is 3.20. The zero-order valence-corrected chi connectivity index (χ0v) is 13.5. The Kier molecular flexibility index (Phi) is 4.41. The van der Waals surface area contributed by atoms with E-state index in [1.807, 2.05) is 6.92 Å². The highest BCUT2D eigenvalue weighted by Crippen LogP contribution is 2.19. The average Bonchev–Trinajstić information content (AvgIpc) is 3.18. The van der Waals surface area contributed by atoms with E-state index in [2.05, 4.69) is 32.0 Å². The Morgan fingerprint density at radius 1 is 1.29 bits per heavy atom. The molecular formula is C17H19N5O2. The number of carbonyl (C=O) groups is 2. The fourth-order valence-electron chi connectivity index (χ4n) is 2.74. The maximum atomic E-state index is 12.4. The van der Waals surface area contributed by atoms with E-state index in [-0.39, 0.29) is 17.9 Å². The summed E-state index contributed by atoms with van der Waals surface area (Å²) in [5.41, 5.74) is 1.12. The number of fused-ring (bicyclic) bond motifs is 1. The minimum absolute atomic E-state index is 0.195. The predicted molar refractivity (Wildman–Crippen MR) is 89.5 cm³/mol. The molecule has 0 saturated heterocycles. The van der Waals surface area contributed by atoms with Crippen molar-refractivity contribution in [2.24, 2.45) is 0 Å². The van der Waals surface area contributed by atoms with Crippen molar-refractivity contribution >= 4 is 17.5 Å². The number of rotatable bonds is 5. The van der Waals surface area contributed by atoms with Crippen molar-refractivity contribution in [3.63, 3.8) is 0 Å². The quantitative estimate of drug-likeness (QED) is 0.821. The second-order valence-electron chi connectivity index (χ2n) is 5.70. The number of benzene rings is 1. The number of aryl methyl sites for hydroxylation is 1. The van der Waals surface area contributed by atoms with Gasteiger partial charge in [0, 0.05) is 24.2 Å². The van der Waals surface area contributed by atoms with Gasteiger partial charge >= 0.3 is 0 Å². The van der Waals surface area contributed by atoms with E-state index >= 15 is 0 Å². The second kappa shape index (κ2) is 6.66. The highest BCUT2D eigenvalue weighted by molar-refractivity contribution is 5.99. The molecule has 0 fully saturated rings. The monoisotopic (exact) mass is 325 g/mol. The minimum Gasteiger partial charge on any atom is -0.342 e. The molecule has 3 rings (SSSR count). The zero-order valence-electron chi connectivity index (χ0n) is 13.5. The predicted octanol–water partition coefficient (Wildman–Crippen LogP) is 1.84. The van der Waals surface area contributed by atoms with E-state index in [1.165, 1.54) is 6.08 Å². The van der Waals surface area contributed by atoms with E-state index in [0.717, 1.165) is 31.0 Å². The van der Waals surface area contributed by atoms with Gasteiger partial charge in [-0.25, -0.2) is 0 Å². The van der Waals surface area contributed by atoms with Gasteiger partial charge in [-0.05, 0) is 43.7 Å². The van der Waals surface area contributed by atoms with Gasteiger partial charge in [0.15, 0.2) is 5.82 Å². The number of aromatic nitrogens is 3. The third-order valence-corrected chi connectivity index (χ3v) is 3.97. The molecule has 0 saturated carbocycles. The van der Waals surface area contributed by atoms with Crippen LogP contribution in [0.2, 0.25) is 0 Å². The minimum atomic E-state index is -0.290. The Morgan fingerprint density at radius 3 is 2.75 bits per heavy atom. The number of hydrogen-bond donors (Lipinski definition) is 2. The molecule has 0 aliphatic carbocycles. The summed E-state index contributed by atoms with van der Waals surface area (Å²) in [6.45, 7) is 6.19. The highest BCUT2D eigenvalue weighted by Gasteiger charge is 2.22. The third kappa shape index (κ3) is 3.19. The first kappa shape index (κ1) is 15.9. The van der Waals surface area contributed by atoms with Gasteiger partial charge in [-0.15, -0.1) is 10.2 Å². The molecule has 124 valence electrons. The molecule has 1 aromatic carbocycles. The Balaban J connectivity index is 1.66. The van der Waals surface area contributed by atoms with Gasteiger partial charge in [0.25, 0.3) is 5.91 Å². The summed E-state index contributed by atoms with van der Waals surface area (Å²) < 4.78 is 2.07. The van der Waals surface area contributed by atoms with Gasteiger partial charge in [0.1, 0.15) is 5.82 Å². The van der Waals surface area contributed by atoms with Crippen molar-refractivity contribution in [2.75, 3.05) is 5.32 Å². The summed E-state index contributed by atoms with van der Waals surface area (Å²) in [5, 5.41) is 13.9. The fourth-order valence-corrected chi connectivity index (χ4v) is 2.74. The third-order valence-electron chi connectivity index (χ3n) is 3.97. The van der Waals surface area contributed by atoms with Crippen molar-refractivity contribution in [2.45, 2.75) is 32.4 Å². The molecule has 7 nitrogen and oxygen atoms in total. The lowest BCUT2D eigenvalue weighted by Crippen LogP contribution is -2.28. The fraction of sp³-hybridized carbons (Fsp3) is 0.294. The van der Waals surface area contributed by atoms with Crippen molar-refractivity contribution in [1.82, 2.24) is 20.1 Å². The highest BCUT2D eigenvalue weighted by atomic mass is 16.2. The van der Waals surface area contributed by atoms with Crippen LogP contribution in [0.15, 0.2) is 36.9 Å². The lowest BCUT2D eigenvalue weighted by atomic mass is 10.1. The van der Waals surface area contributed by atoms with Crippen molar-refractivity contribution in [3.8, 4) is 0 Å². The molecule has 24 heavy (non-hydrogen) atoms. The van der Waals surface area contributed by atoms with Crippen molar-refractivity contribution < 1.29 is 9.59 Å². The van der Waals surface area contributed by atoms with E-state index in [0.29, 0.717) is 11.3 Å². The molecule has 1 aromatic heterocycles. The Morgan fingerprint density at radius 2 is 2.04 bits per heavy atom. The number of anilines is 1. The SMILES string of the molecule is C=CC(=O)Nc1ccc(C(=O)NC(C)c2nnc3n2CCC3)cc1. The summed E-state index contributed by atoms with van der Waals surface area (Å²) in [4.78, 5) is 23.6. The van der Waals surface area contributed by atoms with E-state index in [4.69, 9.17) is 0 Å². The van der Waals surface area contributed by atoms with Gasteiger partial charge in [0.05, 0.1) is 6.04 Å². The normalized spacial score (nSPS) is 13.9. The lowest BCUT2D eigenvalue weighted by molar-refractivity contribution is -0.111. The standard InChI is InChI=1S/C17H19N5O2/c1-3-15(23)19-13-8-6-12(7-9-13)17(24)18-11(2)16-21-20-14-5-4-10-22(14)16/h3,6-9,11H,1,4-5,10H2,2H3,(H,18,24)(H,19,23).